The predicted octanol–water partition coefficient (Wildman–Crippen LogP) is 2.71. The highest BCUT2D eigenvalue weighted by molar-refractivity contribution is 5.46. The smallest absolute Gasteiger partial charge is 0.165 e. The van der Waals surface area contributed by atoms with Crippen molar-refractivity contribution in [1.82, 2.24) is 4.90 Å². The minimum atomic E-state index is -0.617. The molecule has 0 spiro atoms. The van der Waals surface area contributed by atoms with Crippen molar-refractivity contribution in [2.24, 2.45) is 0 Å². The van der Waals surface area contributed by atoms with Crippen LogP contribution < -0.4 is 9.47 Å². The van der Waals surface area contributed by atoms with E-state index in [1.807, 2.05) is 30.3 Å². The maximum atomic E-state index is 10.4. The summed E-state index contributed by atoms with van der Waals surface area (Å²) in [6, 6.07) is 9.47. The third-order valence-electron chi connectivity index (χ3n) is 4.30. The van der Waals surface area contributed by atoms with Crippen LogP contribution in [0, 0.1) is 0 Å². The van der Waals surface area contributed by atoms with Crippen molar-refractivity contribution in [3.05, 3.63) is 47.9 Å². The SMILES string of the molecule is COCCCN(Cc1cccc(OC)c1OC)C[C@H](O)COCc1ccco1. The molecule has 1 aromatic carbocycles. The number of methoxy groups -OCH3 is 3. The van der Waals surface area contributed by atoms with Gasteiger partial charge in [-0.15, -0.1) is 0 Å². The molecule has 0 aliphatic heterocycles. The maximum Gasteiger partial charge on any atom is 0.165 e. The van der Waals surface area contributed by atoms with Crippen LogP contribution >= 0.6 is 0 Å². The fourth-order valence-corrected chi connectivity index (χ4v) is 3.03. The number of nitrogens with zero attached hydrogens (tertiary/aromatic N) is 1. The van der Waals surface area contributed by atoms with Crippen LogP contribution in [0.5, 0.6) is 11.5 Å². The van der Waals surface area contributed by atoms with E-state index in [4.69, 9.17) is 23.4 Å². The number of hydrogen-bond acceptors (Lipinski definition) is 7. The first-order chi connectivity index (χ1) is 13.7. The molecule has 2 rings (SSSR count). The molecule has 1 atom stereocenters. The van der Waals surface area contributed by atoms with E-state index in [1.54, 1.807) is 27.6 Å². The number of aliphatic hydroxyl groups is 1. The van der Waals surface area contributed by atoms with Gasteiger partial charge < -0.3 is 28.5 Å². The molecular formula is C21H31NO6. The van der Waals surface area contributed by atoms with Crippen LogP contribution in [0.2, 0.25) is 0 Å². The average Bonchev–Trinajstić information content (AvgIpc) is 3.21. The number of aliphatic hydroxyl groups excluding tert-OH is 1. The van der Waals surface area contributed by atoms with E-state index in [9.17, 15) is 5.11 Å². The van der Waals surface area contributed by atoms with Gasteiger partial charge in [-0.25, -0.2) is 0 Å². The van der Waals surface area contributed by atoms with Gasteiger partial charge in [0.25, 0.3) is 0 Å². The molecule has 0 aliphatic carbocycles. The van der Waals surface area contributed by atoms with Crippen LogP contribution in [0.4, 0.5) is 0 Å². The lowest BCUT2D eigenvalue weighted by Crippen LogP contribution is -2.35. The largest absolute Gasteiger partial charge is 0.493 e. The molecule has 2 aromatic rings. The molecule has 1 N–H and O–H groups in total. The van der Waals surface area contributed by atoms with Crippen molar-refractivity contribution in [3.8, 4) is 11.5 Å². The summed E-state index contributed by atoms with van der Waals surface area (Å²) in [5, 5.41) is 10.4. The molecule has 7 nitrogen and oxygen atoms in total. The summed E-state index contributed by atoms with van der Waals surface area (Å²) < 4.78 is 26.9. The molecule has 156 valence electrons. The van der Waals surface area contributed by atoms with Crippen molar-refractivity contribution in [2.75, 3.05) is 47.6 Å². The van der Waals surface area contributed by atoms with Crippen LogP contribution in [0.3, 0.4) is 0 Å². The molecule has 28 heavy (non-hydrogen) atoms. The monoisotopic (exact) mass is 393 g/mol. The van der Waals surface area contributed by atoms with Crippen LogP contribution in [0.15, 0.2) is 41.0 Å². The Kier molecular flexibility index (Phi) is 9.85. The molecule has 0 bridgehead atoms. The van der Waals surface area contributed by atoms with Crippen LogP contribution in [-0.2, 0) is 22.6 Å². The van der Waals surface area contributed by atoms with Crippen molar-refractivity contribution < 1.29 is 28.5 Å². The number of para-hydroxylation sites is 1. The summed E-state index contributed by atoms with van der Waals surface area (Å²) in [7, 11) is 4.94. The molecule has 7 heteroatoms. The molecule has 0 radical (unpaired) electrons. The van der Waals surface area contributed by atoms with Gasteiger partial charge in [0.2, 0.25) is 0 Å². The van der Waals surface area contributed by atoms with Gasteiger partial charge in [0.05, 0.1) is 33.2 Å². The van der Waals surface area contributed by atoms with Gasteiger partial charge in [-0.3, -0.25) is 4.90 Å². The van der Waals surface area contributed by atoms with E-state index < -0.39 is 6.10 Å². The summed E-state index contributed by atoms with van der Waals surface area (Å²) in [5.41, 5.74) is 1.00. The third-order valence-corrected chi connectivity index (χ3v) is 4.30. The molecule has 0 saturated carbocycles. The molecule has 0 amide bonds. The summed E-state index contributed by atoms with van der Waals surface area (Å²) in [6.45, 7) is 3.12. The number of benzene rings is 1. The van der Waals surface area contributed by atoms with Crippen LogP contribution in [0.1, 0.15) is 17.7 Å². The Morgan fingerprint density at radius 3 is 2.64 bits per heavy atom. The number of furan rings is 1. The Morgan fingerprint density at radius 1 is 1.11 bits per heavy atom. The predicted molar refractivity (Wildman–Crippen MR) is 106 cm³/mol. The highest BCUT2D eigenvalue weighted by atomic mass is 16.5. The Bertz CT molecular complexity index is 661. The number of rotatable bonds is 14. The quantitative estimate of drug-likeness (QED) is 0.495. The Morgan fingerprint density at radius 2 is 1.96 bits per heavy atom. The van der Waals surface area contributed by atoms with Gasteiger partial charge in [-0.1, -0.05) is 12.1 Å². The minimum absolute atomic E-state index is 0.233. The summed E-state index contributed by atoms with van der Waals surface area (Å²) in [4.78, 5) is 2.16. The first-order valence-electron chi connectivity index (χ1n) is 9.37. The molecule has 0 fully saturated rings. The minimum Gasteiger partial charge on any atom is -0.493 e. The van der Waals surface area contributed by atoms with Crippen LogP contribution in [-0.4, -0.2) is 63.7 Å². The lowest BCUT2D eigenvalue weighted by Gasteiger charge is -2.26. The fourth-order valence-electron chi connectivity index (χ4n) is 3.03. The third kappa shape index (κ3) is 7.16. The zero-order valence-corrected chi connectivity index (χ0v) is 16.9. The molecule has 0 saturated heterocycles. The Balaban J connectivity index is 1.94. The number of hydrogen-bond donors (Lipinski definition) is 1. The molecule has 0 unspecified atom stereocenters. The van der Waals surface area contributed by atoms with Gasteiger partial charge in [-0.2, -0.15) is 0 Å². The molecule has 0 aliphatic rings. The van der Waals surface area contributed by atoms with E-state index >= 15 is 0 Å². The lowest BCUT2D eigenvalue weighted by atomic mass is 10.1. The highest BCUT2D eigenvalue weighted by Crippen LogP contribution is 2.31. The summed E-state index contributed by atoms with van der Waals surface area (Å²) >= 11 is 0. The average molecular weight is 393 g/mol. The first kappa shape index (κ1) is 22.2. The van der Waals surface area contributed by atoms with Crippen LogP contribution in [0.25, 0.3) is 0 Å². The second-order valence-electron chi connectivity index (χ2n) is 6.48. The molecule has 1 heterocycles. The normalized spacial score (nSPS) is 12.3. The molecule has 1 aromatic heterocycles. The van der Waals surface area contributed by atoms with Crippen molar-refractivity contribution in [2.45, 2.75) is 25.7 Å². The Hall–Kier alpha value is -2.06. The van der Waals surface area contributed by atoms with Gasteiger partial charge in [0.15, 0.2) is 11.5 Å². The maximum absolute atomic E-state index is 10.4. The standard InChI is InChI=1S/C21H31NO6/c1-24-11-6-10-22(13-17-7-4-9-20(25-2)21(17)26-3)14-18(23)15-27-16-19-8-5-12-28-19/h4-5,7-9,12,18,23H,6,10-11,13-16H2,1-3H3/t18-/m0/s1. The van der Waals surface area contributed by atoms with Crippen molar-refractivity contribution >= 4 is 0 Å². The van der Waals surface area contributed by atoms with E-state index in [1.165, 1.54) is 0 Å². The van der Waals surface area contributed by atoms with Gasteiger partial charge >= 0.3 is 0 Å². The van der Waals surface area contributed by atoms with Crippen molar-refractivity contribution in [1.29, 1.82) is 0 Å². The van der Waals surface area contributed by atoms with E-state index in [0.29, 0.717) is 37.8 Å². The van der Waals surface area contributed by atoms with Gasteiger partial charge in [0.1, 0.15) is 12.4 Å². The zero-order valence-electron chi connectivity index (χ0n) is 16.9. The second-order valence-corrected chi connectivity index (χ2v) is 6.48. The fraction of sp³-hybridized carbons (Fsp3) is 0.524. The topological polar surface area (TPSA) is 73.5 Å². The van der Waals surface area contributed by atoms with Gasteiger partial charge in [-0.05, 0) is 24.6 Å². The van der Waals surface area contributed by atoms with Crippen molar-refractivity contribution in [3.63, 3.8) is 0 Å². The Labute approximate surface area is 166 Å². The molecular weight excluding hydrogens is 362 g/mol. The number of ether oxygens (including phenoxy) is 4. The first-order valence-corrected chi connectivity index (χ1v) is 9.37. The zero-order chi connectivity index (χ0) is 20.2. The second kappa shape index (κ2) is 12.4. The van der Waals surface area contributed by atoms with E-state index in [0.717, 1.165) is 24.3 Å². The summed E-state index contributed by atoms with van der Waals surface area (Å²) in [6.07, 6.45) is 1.85. The van der Waals surface area contributed by atoms with E-state index in [2.05, 4.69) is 4.90 Å². The highest BCUT2D eigenvalue weighted by Gasteiger charge is 2.17. The van der Waals surface area contributed by atoms with E-state index in [-0.39, 0.29) is 6.61 Å². The summed E-state index contributed by atoms with van der Waals surface area (Å²) in [5.74, 6) is 2.15. The lowest BCUT2D eigenvalue weighted by molar-refractivity contribution is 0.00271. The van der Waals surface area contributed by atoms with Gasteiger partial charge in [0, 0.05) is 38.9 Å².